The molecule has 0 aliphatic carbocycles. The van der Waals surface area contributed by atoms with Crippen molar-refractivity contribution in [3.63, 3.8) is 0 Å². The molecule has 0 aliphatic rings. The summed E-state index contributed by atoms with van der Waals surface area (Å²) in [5, 5.41) is 1.12. The third-order valence-electron chi connectivity index (χ3n) is 1.60. The van der Waals surface area contributed by atoms with Gasteiger partial charge in [0.15, 0.2) is 5.78 Å². The molecule has 1 rings (SSSR count). The van der Waals surface area contributed by atoms with E-state index in [1.165, 1.54) is 0 Å². The number of carbonyl (C=O) groups is 4. The normalized spacial score (nSPS) is 9.94. The Bertz CT molecular complexity index is 407. The molecule has 18 heavy (non-hydrogen) atoms. The van der Waals surface area contributed by atoms with Crippen molar-refractivity contribution in [3.8, 4) is 0 Å². The monoisotopic (exact) mass is 289 g/mol. The molecule has 0 saturated carbocycles. The molecule has 1 aromatic rings. The van der Waals surface area contributed by atoms with Crippen molar-refractivity contribution < 1.29 is 33.1 Å². The predicted octanol–water partition coefficient (Wildman–Crippen LogP) is 1.46. The van der Waals surface area contributed by atoms with E-state index in [0.717, 1.165) is 5.56 Å². The number of ketones is 1. The van der Waals surface area contributed by atoms with Crippen molar-refractivity contribution in [2.75, 3.05) is 0 Å². The molecule has 0 heterocycles. The molecule has 0 aliphatic heterocycles. The summed E-state index contributed by atoms with van der Waals surface area (Å²) in [7, 11) is 0. The quantitative estimate of drug-likeness (QED) is 0.467. The molecule has 0 fully saturated rings. The van der Waals surface area contributed by atoms with Crippen LogP contribution in [0.4, 0.5) is 0 Å². The SMILES string of the molecule is CC(=O)C=Cc1ccccc1.O=[CH][Fe]([CH]=O)[CH]=O. The molecule has 0 radical (unpaired) electrons. The van der Waals surface area contributed by atoms with Gasteiger partial charge in [-0.15, -0.1) is 0 Å². The molecule has 0 amide bonds. The third-order valence-corrected chi connectivity index (χ3v) is 2.50. The van der Waals surface area contributed by atoms with Crippen LogP contribution in [0.25, 0.3) is 6.08 Å². The summed E-state index contributed by atoms with van der Waals surface area (Å²) in [6, 6.07) is 9.75. The van der Waals surface area contributed by atoms with E-state index in [1.54, 1.807) is 13.0 Å². The van der Waals surface area contributed by atoms with Crippen LogP contribution in [0.5, 0.6) is 0 Å². The van der Waals surface area contributed by atoms with Crippen LogP contribution in [0.1, 0.15) is 12.5 Å². The standard InChI is InChI=1S/C10H10O.3CHO.Fe/c1-9(11)7-8-10-5-3-2-4-6-10;3*1-2;/h2-8H,1H3;3*1H;. The van der Waals surface area contributed by atoms with Gasteiger partial charge in [-0.3, -0.25) is 4.79 Å². The van der Waals surface area contributed by atoms with Crippen LogP contribution in [-0.4, -0.2) is 21.3 Å². The van der Waals surface area contributed by atoms with Crippen LogP contribution in [-0.2, 0) is 33.1 Å². The Morgan fingerprint density at radius 1 is 1.00 bits per heavy atom. The molecular formula is C13H13FeO4. The molecule has 0 unspecified atom stereocenters. The van der Waals surface area contributed by atoms with Gasteiger partial charge < -0.3 is 0 Å². The van der Waals surface area contributed by atoms with Crippen LogP contribution >= 0.6 is 0 Å². The van der Waals surface area contributed by atoms with Crippen molar-refractivity contribution in [1.29, 1.82) is 0 Å². The van der Waals surface area contributed by atoms with Gasteiger partial charge in [-0.1, -0.05) is 36.4 Å². The molecule has 4 nitrogen and oxygen atoms in total. The van der Waals surface area contributed by atoms with Crippen molar-refractivity contribution in [3.05, 3.63) is 42.0 Å². The van der Waals surface area contributed by atoms with Gasteiger partial charge in [-0.25, -0.2) is 0 Å². The first-order chi connectivity index (χ1) is 8.63. The molecular weight excluding hydrogens is 276 g/mol. The zero-order valence-corrected chi connectivity index (χ0v) is 10.9. The Hall–Kier alpha value is -1.84. The minimum absolute atomic E-state index is 0.0776. The van der Waals surface area contributed by atoms with E-state index in [4.69, 9.17) is 0 Å². The van der Waals surface area contributed by atoms with Gasteiger partial charge in [-0.05, 0) is 18.6 Å². The first-order valence-corrected chi connectivity index (χ1v) is 6.76. The summed E-state index contributed by atoms with van der Waals surface area (Å²) < 4.78 is 0. The van der Waals surface area contributed by atoms with Gasteiger partial charge >= 0.3 is 43.8 Å². The molecule has 0 N–H and O–H groups in total. The van der Waals surface area contributed by atoms with E-state index < -0.39 is 13.9 Å². The Balaban J connectivity index is 0.000000360. The molecule has 0 aromatic heterocycles. The van der Waals surface area contributed by atoms with Crippen molar-refractivity contribution in [2.24, 2.45) is 0 Å². The first-order valence-electron chi connectivity index (χ1n) is 4.84. The number of hydrogen-bond donors (Lipinski definition) is 0. The van der Waals surface area contributed by atoms with E-state index in [-0.39, 0.29) is 5.78 Å². The summed E-state index contributed by atoms with van der Waals surface area (Å²) in [6.45, 7) is 1.54. The maximum absolute atomic E-state index is 10.5. The number of allylic oxidation sites excluding steroid dienone is 1. The van der Waals surface area contributed by atoms with Crippen LogP contribution in [0.3, 0.4) is 0 Å². The fourth-order valence-electron chi connectivity index (χ4n) is 0.837. The van der Waals surface area contributed by atoms with Crippen LogP contribution in [0, 0.1) is 0 Å². The second-order valence-corrected chi connectivity index (χ2v) is 4.84. The van der Waals surface area contributed by atoms with Gasteiger partial charge in [-0.2, -0.15) is 0 Å². The molecule has 1 aromatic carbocycles. The maximum atomic E-state index is 10.5. The van der Waals surface area contributed by atoms with Crippen LogP contribution < -0.4 is 0 Å². The number of carbonyl (C=O) groups excluding carboxylic acids is 4. The summed E-state index contributed by atoms with van der Waals surface area (Å²) in [6.07, 6.45) is 3.37. The first kappa shape index (κ1) is 16.2. The van der Waals surface area contributed by atoms with Gasteiger partial charge in [0.1, 0.15) is 0 Å². The second kappa shape index (κ2) is 10.3. The summed E-state index contributed by atoms with van der Waals surface area (Å²) in [4.78, 5) is 39.2. The van der Waals surface area contributed by atoms with E-state index in [9.17, 15) is 19.2 Å². The fourth-order valence-corrected chi connectivity index (χ4v) is 1.02. The summed E-state index contributed by atoms with van der Waals surface area (Å²) >= 11 is -1.75. The topological polar surface area (TPSA) is 68.3 Å². The van der Waals surface area contributed by atoms with E-state index in [2.05, 4.69) is 0 Å². The molecule has 0 bridgehead atoms. The zero-order valence-electron chi connectivity index (χ0n) is 9.76. The van der Waals surface area contributed by atoms with E-state index >= 15 is 0 Å². The predicted molar refractivity (Wildman–Crippen MR) is 66.4 cm³/mol. The second-order valence-electron chi connectivity index (χ2n) is 2.96. The Morgan fingerprint density at radius 3 is 1.83 bits per heavy atom. The fraction of sp³-hybridized carbons (Fsp3) is 0.0769. The Kier molecular flexibility index (Phi) is 9.27. The number of hydrogen-bond acceptors (Lipinski definition) is 4. The van der Waals surface area contributed by atoms with Gasteiger partial charge in [0.25, 0.3) is 0 Å². The average Bonchev–Trinajstić information content (AvgIpc) is 2.40. The summed E-state index contributed by atoms with van der Waals surface area (Å²) in [5.41, 5.74) is 1.06. The van der Waals surface area contributed by atoms with Crippen molar-refractivity contribution in [2.45, 2.75) is 6.92 Å². The van der Waals surface area contributed by atoms with Crippen molar-refractivity contribution >= 4 is 27.4 Å². The van der Waals surface area contributed by atoms with Gasteiger partial charge in [0.2, 0.25) is 0 Å². The van der Waals surface area contributed by atoms with Crippen molar-refractivity contribution in [1.82, 2.24) is 0 Å². The molecule has 0 spiro atoms. The molecule has 0 atom stereocenters. The minimum atomic E-state index is -1.75. The summed E-state index contributed by atoms with van der Waals surface area (Å²) in [5.74, 6) is 0.0776. The average molecular weight is 289 g/mol. The van der Waals surface area contributed by atoms with Crippen LogP contribution in [0.2, 0.25) is 0 Å². The molecule has 0 saturated heterocycles. The van der Waals surface area contributed by atoms with E-state index in [0.29, 0.717) is 15.6 Å². The number of benzene rings is 1. The Labute approximate surface area is 110 Å². The Morgan fingerprint density at radius 2 is 1.50 bits per heavy atom. The molecule has 97 valence electrons. The van der Waals surface area contributed by atoms with Gasteiger partial charge in [0.05, 0.1) is 0 Å². The zero-order chi connectivity index (χ0) is 13.8. The third kappa shape index (κ3) is 8.33. The van der Waals surface area contributed by atoms with Gasteiger partial charge in [0, 0.05) is 0 Å². The molecule has 5 heteroatoms. The van der Waals surface area contributed by atoms with E-state index in [1.807, 2.05) is 36.4 Å². The number of rotatable bonds is 5. The van der Waals surface area contributed by atoms with Crippen LogP contribution in [0.15, 0.2) is 36.4 Å².